The van der Waals surface area contributed by atoms with Crippen LogP contribution >= 0.6 is 11.3 Å². The van der Waals surface area contributed by atoms with Gasteiger partial charge in [0.1, 0.15) is 0 Å². The van der Waals surface area contributed by atoms with E-state index in [9.17, 15) is 0 Å². The van der Waals surface area contributed by atoms with Gasteiger partial charge in [-0.15, -0.1) is 11.3 Å². The van der Waals surface area contributed by atoms with Crippen molar-refractivity contribution in [1.82, 2.24) is 10.3 Å². The highest BCUT2D eigenvalue weighted by molar-refractivity contribution is 7.15. The Morgan fingerprint density at radius 2 is 2.05 bits per heavy atom. The molecule has 0 fully saturated rings. The molecule has 0 amide bonds. The zero-order chi connectivity index (χ0) is 15.1. The standard InChI is InChI=1S/C16H23N3OS/c1-4-19(11-13-8-6-5-7-9-13)16-18-14(12-20-3)15(21-16)10-17-2/h5-9,17H,4,10-12H2,1-3H3. The topological polar surface area (TPSA) is 37.4 Å². The minimum Gasteiger partial charge on any atom is -0.378 e. The summed E-state index contributed by atoms with van der Waals surface area (Å²) < 4.78 is 5.26. The Kier molecular flexibility index (Phi) is 6.17. The Hall–Kier alpha value is -1.43. The fourth-order valence-electron chi connectivity index (χ4n) is 2.17. The van der Waals surface area contributed by atoms with Crippen LogP contribution in [0.4, 0.5) is 5.13 Å². The molecule has 0 aliphatic heterocycles. The fraction of sp³-hybridized carbons (Fsp3) is 0.438. The normalized spacial score (nSPS) is 10.8. The fourth-order valence-corrected chi connectivity index (χ4v) is 3.31. The third-order valence-corrected chi connectivity index (χ3v) is 4.41. The van der Waals surface area contributed by atoms with Crippen LogP contribution in [0.15, 0.2) is 30.3 Å². The Balaban J connectivity index is 2.19. The maximum absolute atomic E-state index is 5.26. The van der Waals surface area contributed by atoms with Crippen LogP contribution in [0, 0.1) is 0 Å². The highest BCUT2D eigenvalue weighted by atomic mass is 32.1. The predicted octanol–water partition coefficient (Wildman–Crippen LogP) is 3.04. The predicted molar refractivity (Wildman–Crippen MR) is 88.8 cm³/mol. The van der Waals surface area contributed by atoms with E-state index in [0.29, 0.717) is 6.61 Å². The summed E-state index contributed by atoms with van der Waals surface area (Å²) in [4.78, 5) is 8.32. The molecule has 0 aliphatic rings. The lowest BCUT2D eigenvalue weighted by molar-refractivity contribution is 0.181. The van der Waals surface area contributed by atoms with Gasteiger partial charge in [-0.05, 0) is 19.5 Å². The van der Waals surface area contributed by atoms with E-state index in [4.69, 9.17) is 9.72 Å². The maximum Gasteiger partial charge on any atom is 0.186 e. The number of hydrogen-bond donors (Lipinski definition) is 1. The molecule has 21 heavy (non-hydrogen) atoms. The van der Waals surface area contributed by atoms with E-state index in [0.717, 1.165) is 30.5 Å². The average molecular weight is 305 g/mol. The number of rotatable bonds is 8. The number of ether oxygens (including phenoxy) is 1. The van der Waals surface area contributed by atoms with Gasteiger partial charge in [0.15, 0.2) is 5.13 Å². The van der Waals surface area contributed by atoms with Gasteiger partial charge in [0.25, 0.3) is 0 Å². The highest BCUT2D eigenvalue weighted by Gasteiger charge is 2.15. The van der Waals surface area contributed by atoms with E-state index >= 15 is 0 Å². The van der Waals surface area contributed by atoms with E-state index in [1.54, 1.807) is 18.4 Å². The second-order valence-electron chi connectivity index (χ2n) is 4.83. The summed E-state index contributed by atoms with van der Waals surface area (Å²) in [7, 11) is 3.67. The molecule has 5 heteroatoms. The van der Waals surface area contributed by atoms with Crippen LogP contribution in [0.25, 0.3) is 0 Å². The van der Waals surface area contributed by atoms with Crippen LogP contribution in [-0.2, 0) is 24.4 Å². The summed E-state index contributed by atoms with van der Waals surface area (Å²) in [5.74, 6) is 0. The van der Waals surface area contributed by atoms with Gasteiger partial charge in [0, 0.05) is 31.6 Å². The van der Waals surface area contributed by atoms with Gasteiger partial charge in [-0.3, -0.25) is 0 Å². The Bertz CT molecular complexity index is 518. The van der Waals surface area contributed by atoms with E-state index in [-0.39, 0.29) is 0 Å². The lowest BCUT2D eigenvalue weighted by atomic mass is 10.2. The third kappa shape index (κ3) is 4.27. The lowest BCUT2D eigenvalue weighted by Gasteiger charge is -2.19. The molecule has 0 spiro atoms. The number of aromatic nitrogens is 1. The monoisotopic (exact) mass is 305 g/mol. The van der Waals surface area contributed by atoms with E-state index in [1.807, 2.05) is 13.1 Å². The molecule has 0 saturated heterocycles. The van der Waals surface area contributed by atoms with E-state index < -0.39 is 0 Å². The Morgan fingerprint density at radius 3 is 2.67 bits per heavy atom. The van der Waals surface area contributed by atoms with Crippen LogP contribution in [0.3, 0.4) is 0 Å². The van der Waals surface area contributed by atoms with Gasteiger partial charge < -0.3 is 15.0 Å². The second-order valence-corrected chi connectivity index (χ2v) is 5.89. The number of nitrogens with one attached hydrogen (secondary N) is 1. The molecule has 2 rings (SSSR count). The van der Waals surface area contributed by atoms with E-state index in [2.05, 4.69) is 41.4 Å². The summed E-state index contributed by atoms with van der Waals surface area (Å²) in [6.07, 6.45) is 0. The van der Waals surface area contributed by atoms with Crippen LogP contribution in [0.5, 0.6) is 0 Å². The summed E-state index contributed by atoms with van der Waals surface area (Å²) >= 11 is 1.75. The minimum absolute atomic E-state index is 0.566. The number of hydrogen-bond acceptors (Lipinski definition) is 5. The van der Waals surface area contributed by atoms with Crippen molar-refractivity contribution < 1.29 is 4.74 Å². The molecular weight excluding hydrogens is 282 g/mol. The highest BCUT2D eigenvalue weighted by Crippen LogP contribution is 2.28. The van der Waals surface area contributed by atoms with Gasteiger partial charge in [0.05, 0.1) is 12.3 Å². The first kappa shape index (κ1) is 15.9. The molecule has 1 heterocycles. The molecule has 1 N–H and O–H groups in total. The van der Waals surface area contributed by atoms with Gasteiger partial charge in [0.2, 0.25) is 0 Å². The maximum atomic E-state index is 5.26. The van der Waals surface area contributed by atoms with Gasteiger partial charge in [-0.1, -0.05) is 30.3 Å². The van der Waals surface area contributed by atoms with Crippen LogP contribution in [0.1, 0.15) is 23.1 Å². The van der Waals surface area contributed by atoms with Gasteiger partial charge in [-0.25, -0.2) is 4.98 Å². The smallest absolute Gasteiger partial charge is 0.186 e. The molecule has 1 aromatic carbocycles. The minimum atomic E-state index is 0.566. The molecule has 1 aromatic heterocycles. The summed E-state index contributed by atoms with van der Waals surface area (Å²) in [5, 5.41) is 4.27. The number of nitrogens with zero attached hydrogens (tertiary/aromatic N) is 2. The summed E-state index contributed by atoms with van der Waals surface area (Å²) in [6.45, 7) is 5.39. The molecule has 0 saturated carbocycles. The lowest BCUT2D eigenvalue weighted by Crippen LogP contribution is -2.21. The molecule has 2 aromatic rings. The zero-order valence-electron chi connectivity index (χ0n) is 12.9. The largest absolute Gasteiger partial charge is 0.378 e. The first-order valence-corrected chi connectivity index (χ1v) is 8.01. The van der Waals surface area contributed by atoms with Crippen molar-refractivity contribution >= 4 is 16.5 Å². The first-order valence-electron chi connectivity index (χ1n) is 7.19. The van der Waals surface area contributed by atoms with Crippen molar-refractivity contribution in [3.05, 3.63) is 46.5 Å². The summed E-state index contributed by atoms with van der Waals surface area (Å²) in [5.41, 5.74) is 2.34. The molecule has 0 radical (unpaired) electrons. The van der Waals surface area contributed by atoms with Crippen molar-refractivity contribution in [1.29, 1.82) is 0 Å². The second kappa shape index (κ2) is 8.12. The molecule has 0 atom stereocenters. The number of thiazole rings is 1. The third-order valence-electron chi connectivity index (χ3n) is 3.25. The molecule has 0 aliphatic carbocycles. The number of benzene rings is 1. The Labute approximate surface area is 130 Å². The van der Waals surface area contributed by atoms with Crippen LogP contribution in [-0.4, -0.2) is 25.7 Å². The van der Waals surface area contributed by atoms with Gasteiger partial charge >= 0.3 is 0 Å². The zero-order valence-corrected chi connectivity index (χ0v) is 13.7. The van der Waals surface area contributed by atoms with Crippen LogP contribution < -0.4 is 10.2 Å². The van der Waals surface area contributed by atoms with Crippen molar-refractivity contribution in [2.24, 2.45) is 0 Å². The Morgan fingerprint density at radius 1 is 1.29 bits per heavy atom. The molecular formula is C16H23N3OS. The molecule has 114 valence electrons. The van der Waals surface area contributed by atoms with Crippen molar-refractivity contribution in [2.45, 2.75) is 26.6 Å². The molecule has 0 unspecified atom stereocenters. The van der Waals surface area contributed by atoms with Crippen molar-refractivity contribution in [3.63, 3.8) is 0 Å². The SMILES string of the molecule is CCN(Cc1ccccc1)c1nc(COC)c(CNC)s1. The summed E-state index contributed by atoms with van der Waals surface area (Å²) in [6, 6.07) is 10.5. The van der Waals surface area contributed by atoms with Gasteiger partial charge in [-0.2, -0.15) is 0 Å². The average Bonchev–Trinajstić information content (AvgIpc) is 2.89. The molecule has 0 bridgehead atoms. The van der Waals surface area contributed by atoms with E-state index in [1.165, 1.54) is 10.4 Å². The quantitative estimate of drug-likeness (QED) is 0.813. The number of methoxy groups -OCH3 is 1. The van der Waals surface area contributed by atoms with Crippen molar-refractivity contribution in [2.75, 3.05) is 25.6 Å². The molecule has 4 nitrogen and oxygen atoms in total. The first-order chi connectivity index (χ1) is 10.3. The number of anilines is 1. The van der Waals surface area contributed by atoms with Crippen molar-refractivity contribution in [3.8, 4) is 0 Å². The van der Waals surface area contributed by atoms with Crippen LogP contribution in [0.2, 0.25) is 0 Å².